The van der Waals surface area contributed by atoms with Crippen molar-refractivity contribution in [3.63, 3.8) is 0 Å². The van der Waals surface area contributed by atoms with Gasteiger partial charge in [-0.05, 0) is 18.1 Å². The van der Waals surface area contributed by atoms with Crippen molar-refractivity contribution in [3.05, 3.63) is 61.0 Å². The summed E-state index contributed by atoms with van der Waals surface area (Å²) in [5.74, 6) is -3.26. The maximum absolute atomic E-state index is 13.1. The molecule has 0 saturated heterocycles. The van der Waals surface area contributed by atoms with E-state index >= 15 is 0 Å². The van der Waals surface area contributed by atoms with E-state index < -0.39 is 42.1 Å². The summed E-state index contributed by atoms with van der Waals surface area (Å²) >= 11 is 24.4. The van der Waals surface area contributed by atoms with E-state index in [1.54, 1.807) is 32.0 Å². The number of halogens is 4. The number of hydrogen-bond donors (Lipinski definition) is 0. The summed E-state index contributed by atoms with van der Waals surface area (Å²) in [5, 5.41) is -0.854. The molecule has 7 nitrogen and oxygen atoms in total. The fourth-order valence-corrected chi connectivity index (χ4v) is 4.41. The number of amides is 2. The van der Waals surface area contributed by atoms with E-state index in [1.807, 2.05) is 0 Å². The highest BCUT2D eigenvalue weighted by molar-refractivity contribution is 6.55. The molecule has 1 atom stereocenters. The number of esters is 1. The zero-order chi connectivity index (χ0) is 24.6. The number of Topliss-reactive ketones (excluding diaryl/α,β-unsaturated/α-hetero) is 1. The van der Waals surface area contributed by atoms with Crippen LogP contribution in [0.3, 0.4) is 0 Å². The van der Waals surface area contributed by atoms with Crippen molar-refractivity contribution < 1.29 is 28.7 Å². The average Bonchev–Trinajstić information content (AvgIpc) is 3.05. The van der Waals surface area contributed by atoms with Crippen LogP contribution in [0.5, 0.6) is 5.75 Å². The number of carbonyl (C=O) groups excluding carboxylic acids is 4. The summed E-state index contributed by atoms with van der Waals surface area (Å²) < 4.78 is 10.3. The fourth-order valence-electron chi connectivity index (χ4n) is 3.40. The minimum absolute atomic E-state index is 0.183. The van der Waals surface area contributed by atoms with Gasteiger partial charge in [0.1, 0.15) is 11.8 Å². The minimum Gasteiger partial charge on any atom is -0.497 e. The largest absolute Gasteiger partial charge is 0.497 e. The van der Waals surface area contributed by atoms with Crippen LogP contribution in [0.1, 0.15) is 44.9 Å². The standard InChI is InChI=1S/C22H17Cl4NO6/c1-9(2)19(22(31)33-8-12(28)10-5-4-6-11(7-10)32-3)27-20(29)13-14(21(27)30)16(24)18(26)17(25)15(13)23/h4-7,9,19H,8H2,1-3H3/t19-/m0/s1. The molecule has 2 amide bonds. The van der Waals surface area contributed by atoms with Gasteiger partial charge in [-0.25, -0.2) is 4.79 Å². The molecule has 0 aromatic heterocycles. The lowest BCUT2D eigenvalue weighted by molar-refractivity contribution is -0.148. The first-order chi connectivity index (χ1) is 15.5. The molecule has 0 spiro atoms. The van der Waals surface area contributed by atoms with Gasteiger partial charge in [0.15, 0.2) is 12.4 Å². The van der Waals surface area contributed by atoms with E-state index in [2.05, 4.69) is 0 Å². The Morgan fingerprint density at radius 2 is 1.48 bits per heavy atom. The Bertz CT molecular complexity index is 1130. The number of rotatable bonds is 7. The number of ether oxygens (including phenoxy) is 2. The molecule has 1 aliphatic heterocycles. The maximum atomic E-state index is 13.1. The number of benzene rings is 2. The minimum atomic E-state index is -1.35. The summed E-state index contributed by atoms with van der Waals surface area (Å²) in [5.41, 5.74) is -0.217. The van der Waals surface area contributed by atoms with Crippen LogP contribution in [0.2, 0.25) is 20.1 Å². The molecule has 1 aliphatic rings. The molecule has 0 radical (unpaired) electrons. The smallest absolute Gasteiger partial charge is 0.330 e. The van der Waals surface area contributed by atoms with Crippen molar-refractivity contribution >= 4 is 70.0 Å². The maximum Gasteiger partial charge on any atom is 0.330 e. The lowest BCUT2D eigenvalue weighted by Crippen LogP contribution is -2.49. The lowest BCUT2D eigenvalue weighted by atomic mass is 10.0. The van der Waals surface area contributed by atoms with Crippen LogP contribution in [-0.4, -0.2) is 48.2 Å². The quantitative estimate of drug-likeness (QED) is 0.157. The number of ketones is 1. The van der Waals surface area contributed by atoms with E-state index in [1.165, 1.54) is 13.2 Å². The van der Waals surface area contributed by atoms with Crippen molar-refractivity contribution in [1.82, 2.24) is 4.90 Å². The van der Waals surface area contributed by atoms with Gasteiger partial charge in [0.25, 0.3) is 11.8 Å². The van der Waals surface area contributed by atoms with Gasteiger partial charge in [0.05, 0.1) is 38.3 Å². The normalized spacial score (nSPS) is 13.9. The molecule has 0 saturated carbocycles. The van der Waals surface area contributed by atoms with Crippen molar-refractivity contribution in [1.29, 1.82) is 0 Å². The molecule has 11 heteroatoms. The van der Waals surface area contributed by atoms with Gasteiger partial charge >= 0.3 is 5.97 Å². The summed E-state index contributed by atoms with van der Waals surface area (Å²) in [6.07, 6.45) is 0. The second-order valence-corrected chi connectivity index (χ2v) is 8.95. The van der Waals surface area contributed by atoms with E-state index in [0.29, 0.717) is 10.6 Å². The summed E-state index contributed by atoms with van der Waals surface area (Å²) in [4.78, 5) is 52.3. The Morgan fingerprint density at radius 1 is 0.939 bits per heavy atom. The number of imide groups is 1. The molecule has 1 heterocycles. The molecule has 2 aromatic rings. The van der Waals surface area contributed by atoms with Crippen molar-refractivity contribution in [2.75, 3.05) is 13.7 Å². The first-order valence-corrected chi connectivity index (χ1v) is 11.1. The first kappa shape index (κ1) is 25.3. The Kier molecular flexibility index (Phi) is 7.59. The highest BCUT2D eigenvalue weighted by atomic mass is 35.5. The highest BCUT2D eigenvalue weighted by Gasteiger charge is 2.48. The molecule has 0 aliphatic carbocycles. The zero-order valence-corrected chi connectivity index (χ0v) is 20.6. The third kappa shape index (κ3) is 4.55. The molecular formula is C22H17Cl4NO6. The molecule has 3 rings (SSSR count). The third-order valence-electron chi connectivity index (χ3n) is 5.02. The van der Waals surface area contributed by atoms with Crippen LogP contribution in [0.15, 0.2) is 24.3 Å². The van der Waals surface area contributed by atoms with Gasteiger partial charge in [-0.15, -0.1) is 0 Å². The second-order valence-electron chi connectivity index (χ2n) is 7.44. The van der Waals surface area contributed by atoms with Gasteiger partial charge in [0.2, 0.25) is 0 Å². The van der Waals surface area contributed by atoms with Crippen LogP contribution in [0.25, 0.3) is 0 Å². The van der Waals surface area contributed by atoms with Crippen molar-refractivity contribution in [2.24, 2.45) is 5.92 Å². The molecule has 0 N–H and O–H groups in total. The SMILES string of the molecule is COc1cccc(C(=O)COC(=O)[C@H](C(C)C)N2C(=O)c3c(Cl)c(Cl)c(Cl)c(Cl)c3C2=O)c1. The van der Waals surface area contributed by atoms with Crippen LogP contribution in [-0.2, 0) is 9.53 Å². The van der Waals surface area contributed by atoms with Crippen molar-refractivity contribution in [2.45, 2.75) is 19.9 Å². The van der Waals surface area contributed by atoms with E-state index in [0.717, 1.165) is 0 Å². The molecule has 33 heavy (non-hydrogen) atoms. The molecule has 0 unspecified atom stereocenters. The van der Waals surface area contributed by atoms with E-state index in [4.69, 9.17) is 55.9 Å². The summed E-state index contributed by atoms with van der Waals surface area (Å²) in [6.45, 7) is 2.63. The van der Waals surface area contributed by atoms with Gasteiger partial charge in [-0.2, -0.15) is 0 Å². The molecule has 0 fully saturated rings. The topological polar surface area (TPSA) is 90.0 Å². The summed E-state index contributed by atoms with van der Waals surface area (Å²) in [6, 6.07) is 4.97. The van der Waals surface area contributed by atoms with Gasteiger partial charge in [-0.3, -0.25) is 19.3 Å². The number of hydrogen-bond acceptors (Lipinski definition) is 6. The van der Waals surface area contributed by atoms with Gasteiger partial charge in [-0.1, -0.05) is 72.4 Å². The number of methoxy groups -OCH3 is 1. The number of fused-ring (bicyclic) bond motifs is 1. The molecular weight excluding hydrogens is 516 g/mol. The third-order valence-corrected chi connectivity index (χ3v) is 6.82. The lowest BCUT2D eigenvalue weighted by Gasteiger charge is -2.27. The highest BCUT2D eigenvalue weighted by Crippen LogP contribution is 2.45. The Labute approximate surface area is 209 Å². The average molecular weight is 533 g/mol. The zero-order valence-electron chi connectivity index (χ0n) is 17.6. The van der Waals surface area contributed by atoms with Crippen LogP contribution in [0.4, 0.5) is 0 Å². The van der Waals surface area contributed by atoms with Crippen molar-refractivity contribution in [3.8, 4) is 5.75 Å². The second kappa shape index (κ2) is 9.89. The monoisotopic (exact) mass is 531 g/mol. The number of nitrogens with zero attached hydrogens (tertiary/aromatic N) is 1. The Balaban J connectivity index is 1.87. The van der Waals surface area contributed by atoms with Crippen LogP contribution < -0.4 is 4.74 Å². The Hall–Kier alpha value is -2.32. The fraction of sp³-hybridized carbons (Fsp3) is 0.273. The van der Waals surface area contributed by atoms with Crippen LogP contribution in [0, 0.1) is 5.92 Å². The van der Waals surface area contributed by atoms with E-state index in [-0.39, 0.29) is 36.8 Å². The molecule has 2 aromatic carbocycles. The predicted molar refractivity (Wildman–Crippen MR) is 124 cm³/mol. The van der Waals surface area contributed by atoms with Gasteiger partial charge in [0, 0.05) is 5.56 Å². The summed E-state index contributed by atoms with van der Waals surface area (Å²) in [7, 11) is 1.46. The van der Waals surface area contributed by atoms with E-state index in [9.17, 15) is 19.2 Å². The Morgan fingerprint density at radius 3 is 1.97 bits per heavy atom. The molecule has 174 valence electrons. The van der Waals surface area contributed by atoms with Gasteiger partial charge < -0.3 is 9.47 Å². The first-order valence-electron chi connectivity index (χ1n) is 9.58. The van der Waals surface area contributed by atoms with Crippen LogP contribution >= 0.6 is 46.4 Å². The molecule has 0 bridgehead atoms. The number of carbonyl (C=O) groups is 4. The predicted octanol–water partition coefficient (Wildman–Crippen LogP) is 5.36.